The number of nitrogens with one attached hydrogen (secondary N) is 1. The van der Waals surface area contributed by atoms with Crippen LogP contribution < -0.4 is 4.72 Å². The minimum atomic E-state index is -3.49. The predicted octanol–water partition coefficient (Wildman–Crippen LogP) is 3.14. The smallest absolute Gasteiger partial charge is 0.240 e. The molecule has 0 heterocycles. The molecule has 0 spiro atoms. The maximum absolute atomic E-state index is 12.0. The molecule has 2 rings (SSSR count). The highest BCUT2D eigenvalue weighted by Crippen LogP contribution is 2.14. The lowest BCUT2D eigenvalue weighted by molar-refractivity contribution is 0.104. The first-order valence-corrected chi connectivity index (χ1v) is 8.30. The predicted molar refractivity (Wildman–Crippen MR) is 87.5 cm³/mol. The molecule has 0 aliphatic carbocycles. The molecule has 22 heavy (non-hydrogen) atoms. The molecule has 0 atom stereocenters. The average molecular weight is 336 g/mol. The van der Waals surface area contributed by atoms with E-state index in [1.807, 2.05) is 6.07 Å². The Labute approximate surface area is 134 Å². The second-order valence-electron chi connectivity index (χ2n) is 4.48. The van der Waals surface area contributed by atoms with Gasteiger partial charge in [0.05, 0.1) is 4.90 Å². The van der Waals surface area contributed by atoms with Crippen molar-refractivity contribution in [2.75, 3.05) is 7.05 Å². The molecule has 0 aliphatic heterocycles. The topological polar surface area (TPSA) is 63.2 Å². The van der Waals surface area contributed by atoms with Crippen molar-refractivity contribution in [3.05, 3.63) is 70.8 Å². The van der Waals surface area contributed by atoms with Gasteiger partial charge in [0, 0.05) is 10.6 Å². The second-order valence-corrected chi connectivity index (χ2v) is 6.81. The summed E-state index contributed by atoms with van der Waals surface area (Å²) >= 11 is 5.87. The van der Waals surface area contributed by atoms with Gasteiger partial charge in [0.2, 0.25) is 10.0 Å². The van der Waals surface area contributed by atoms with Crippen molar-refractivity contribution in [1.29, 1.82) is 0 Å². The number of sulfonamides is 1. The Hall–Kier alpha value is -1.95. The molecule has 0 amide bonds. The molecule has 0 radical (unpaired) electrons. The Morgan fingerprint density at radius 1 is 1.14 bits per heavy atom. The van der Waals surface area contributed by atoms with Crippen molar-refractivity contribution in [2.45, 2.75) is 4.90 Å². The number of carbonyl (C=O) groups is 1. The van der Waals surface area contributed by atoms with E-state index in [2.05, 4.69) is 4.72 Å². The average Bonchev–Trinajstić information content (AvgIpc) is 2.53. The van der Waals surface area contributed by atoms with E-state index in [1.54, 1.807) is 24.3 Å². The van der Waals surface area contributed by atoms with Crippen LogP contribution in [0.5, 0.6) is 0 Å². The van der Waals surface area contributed by atoms with E-state index in [9.17, 15) is 13.2 Å². The quantitative estimate of drug-likeness (QED) is 0.674. The van der Waals surface area contributed by atoms with E-state index in [0.29, 0.717) is 10.6 Å². The van der Waals surface area contributed by atoms with Crippen molar-refractivity contribution < 1.29 is 13.2 Å². The van der Waals surface area contributed by atoms with Gasteiger partial charge < -0.3 is 0 Å². The number of ketones is 1. The fraction of sp³-hybridized carbons (Fsp3) is 0.0625. The summed E-state index contributed by atoms with van der Waals surface area (Å²) in [7, 11) is -2.16. The van der Waals surface area contributed by atoms with Gasteiger partial charge in [0.1, 0.15) is 0 Å². The first-order valence-electron chi connectivity index (χ1n) is 6.44. The zero-order valence-corrected chi connectivity index (χ0v) is 13.4. The van der Waals surface area contributed by atoms with E-state index in [1.165, 1.54) is 37.4 Å². The van der Waals surface area contributed by atoms with Crippen molar-refractivity contribution in [2.24, 2.45) is 0 Å². The molecule has 0 aromatic heterocycles. The largest absolute Gasteiger partial charge is 0.289 e. The second kappa shape index (κ2) is 6.87. The summed E-state index contributed by atoms with van der Waals surface area (Å²) in [5.74, 6) is -0.214. The Morgan fingerprint density at radius 2 is 1.82 bits per heavy atom. The Balaban J connectivity index is 2.17. The Bertz CT molecular complexity index is 812. The molecule has 0 saturated heterocycles. The van der Waals surface area contributed by atoms with Gasteiger partial charge in [-0.05, 0) is 55.1 Å². The Morgan fingerprint density at radius 3 is 2.41 bits per heavy atom. The lowest BCUT2D eigenvalue weighted by Crippen LogP contribution is -2.18. The minimum Gasteiger partial charge on any atom is -0.289 e. The lowest BCUT2D eigenvalue weighted by Gasteiger charge is -2.02. The highest BCUT2D eigenvalue weighted by atomic mass is 35.5. The molecule has 1 N–H and O–H groups in total. The molecule has 0 bridgehead atoms. The summed E-state index contributed by atoms with van der Waals surface area (Å²) in [5.41, 5.74) is 1.23. The summed E-state index contributed by atoms with van der Waals surface area (Å²) in [6, 6.07) is 12.9. The number of halogens is 1. The number of hydrogen-bond donors (Lipinski definition) is 1. The fourth-order valence-corrected chi connectivity index (χ4v) is 2.72. The lowest BCUT2D eigenvalue weighted by atomic mass is 10.1. The van der Waals surface area contributed by atoms with Gasteiger partial charge in [0.15, 0.2) is 5.78 Å². The maximum atomic E-state index is 12.0. The third-order valence-electron chi connectivity index (χ3n) is 2.99. The molecular weight excluding hydrogens is 322 g/mol. The van der Waals surface area contributed by atoms with Gasteiger partial charge in [-0.3, -0.25) is 4.79 Å². The van der Waals surface area contributed by atoms with Crippen LogP contribution in [0.1, 0.15) is 15.9 Å². The van der Waals surface area contributed by atoms with Crippen molar-refractivity contribution in [3.63, 3.8) is 0 Å². The summed E-state index contributed by atoms with van der Waals surface area (Å²) in [6.45, 7) is 0. The molecule has 0 unspecified atom stereocenters. The van der Waals surface area contributed by atoms with Gasteiger partial charge in [-0.1, -0.05) is 29.8 Å². The summed E-state index contributed by atoms with van der Waals surface area (Å²) in [4.78, 5) is 12.2. The van der Waals surface area contributed by atoms with Crippen LogP contribution in [0.2, 0.25) is 5.02 Å². The molecule has 6 heteroatoms. The minimum absolute atomic E-state index is 0.116. The van der Waals surface area contributed by atoms with Crippen molar-refractivity contribution in [1.82, 2.24) is 4.72 Å². The monoisotopic (exact) mass is 335 g/mol. The normalized spacial score (nSPS) is 11.7. The molecule has 0 aliphatic rings. The van der Waals surface area contributed by atoms with Crippen LogP contribution in [0.15, 0.2) is 59.5 Å². The highest BCUT2D eigenvalue weighted by molar-refractivity contribution is 7.89. The van der Waals surface area contributed by atoms with Crippen molar-refractivity contribution >= 4 is 33.5 Å². The van der Waals surface area contributed by atoms with Crippen LogP contribution in [0.3, 0.4) is 0 Å². The van der Waals surface area contributed by atoms with Gasteiger partial charge in [0.25, 0.3) is 0 Å². The third kappa shape index (κ3) is 4.04. The SMILES string of the molecule is CNS(=O)(=O)c1ccc(C(=O)/C=C/c2cccc(Cl)c2)cc1. The summed E-state index contributed by atoms with van der Waals surface area (Å²) in [5, 5.41) is 0.594. The molecule has 4 nitrogen and oxygen atoms in total. The zero-order valence-electron chi connectivity index (χ0n) is 11.8. The highest BCUT2D eigenvalue weighted by Gasteiger charge is 2.11. The van der Waals surface area contributed by atoms with Crippen LogP contribution in [0.4, 0.5) is 0 Å². The number of benzene rings is 2. The van der Waals surface area contributed by atoms with E-state index in [-0.39, 0.29) is 10.7 Å². The summed E-state index contributed by atoms with van der Waals surface area (Å²) in [6.07, 6.45) is 3.08. The Kier molecular flexibility index (Phi) is 5.13. The van der Waals surface area contributed by atoms with Crippen molar-refractivity contribution in [3.8, 4) is 0 Å². The molecule has 114 valence electrons. The van der Waals surface area contributed by atoms with Gasteiger partial charge in [-0.15, -0.1) is 0 Å². The van der Waals surface area contributed by atoms with Gasteiger partial charge in [-0.2, -0.15) is 0 Å². The van der Waals surface area contributed by atoms with Gasteiger partial charge in [-0.25, -0.2) is 13.1 Å². The molecule has 0 fully saturated rings. The van der Waals surface area contributed by atoms with Gasteiger partial charge >= 0.3 is 0 Å². The van der Waals surface area contributed by atoms with Crippen LogP contribution in [-0.4, -0.2) is 21.2 Å². The standard InChI is InChI=1S/C16H14ClNO3S/c1-18-22(20,21)15-8-6-13(7-9-15)16(19)10-5-12-3-2-4-14(17)11-12/h2-11,18H,1H3/b10-5+. The number of hydrogen-bond acceptors (Lipinski definition) is 3. The van der Waals surface area contributed by atoms with Crippen LogP contribution >= 0.6 is 11.6 Å². The molecule has 0 saturated carbocycles. The third-order valence-corrected chi connectivity index (χ3v) is 4.66. The van der Waals surface area contributed by atoms with E-state index >= 15 is 0 Å². The van der Waals surface area contributed by atoms with Crippen LogP contribution in [0, 0.1) is 0 Å². The molecule has 2 aromatic carbocycles. The first-order chi connectivity index (χ1) is 10.4. The molecule has 2 aromatic rings. The fourth-order valence-electron chi connectivity index (χ4n) is 1.79. The number of allylic oxidation sites excluding steroid dienone is 1. The van der Waals surface area contributed by atoms with E-state index < -0.39 is 10.0 Å². The molecular formula is C16H14ClNO3S. The van der Waals surface area contributed by atoms with Crippen LogP contribution in [-0.2, 0) is 10.0 Å². The first kappa shape index (κ1) is 16.4. The van der Waals surface area contributed by atoms with E-state index in [4.69, 9.17) is 11.6 Å². The van der Waals surface area contributed by atoms with Crippen LogP contribution in [0.25, 0.3) is 6.08 Å². The number of rotatable bonds is 5. The van der Waals surface area contributed by atoms with E-state index in [0.717, 1.165) is 5.56 Å². The number of carbonyl (C=O) groups excluding carboxylic acids is 1. The zero-order chi connectivity index (χ0) is 16.2. The maximum Gasteiger partial charge on any atom is 0.240 e. The summed E-state index contributed by atoms with van der Waals surface area (Å²) < 4.78 is 25.4.